The van der Waals surface area contributed by atoms with Crippen LogP contribution in [-0.4, -0.2) is 20.2 Å². The van der Waals surface area contributed by atoms with E-state index in [-0.39, 0.29) is 0 Å². The lowest BCUT2D eigenvalue weighted by molar-refractivity contribution is 1.05. The Morgan fingerprint density at radius 1 is 1.16 bits per heavy atom. The number of rotatable bonds is 3. The van der Waals surface area contributed by atoms with Crippen LogP contribution >= 0.6 is 22.7 Å². The molecule has 0 aliphatic rings. The Bertz CT molecular complexity index is 689. The Morgan fingerprint density at radius 3 is 2.68 bits per heavy atom. The van der Waals surface area contributed by atoms with Gasteiger partial charge >= 0.3 is 0 Å². The molecule has 2 N–H and O–H groups in total. The van der Waals surface area contributed by atoms with Gasteiger partial charge in [-0.2, -0.15) is 0 Å². The molecule has 0 amide bonds. The lowest BCUT2D eigenvalue weighted by Gasteiger charge is -1.92. The predicted molar refractivity (Wildman–Crippen MR) is 78.0 cm³/mol. The maximum absolute atomic E-state index is 5.64. The molecule has 0 bridgehead atoms. The minimum Gasteiger partial charge on any atom is -0.374 e. The molecule has 3 aromatic heterocycles. The fraction of sp³-hybridized carbons (Fsp3) is 0.167. The molecule has 0 saturated carbocycles. The summed E-state index contributed by atoms with van der Waals surface area (Å²) in [6.07, 6.45) is 2.61. The summed E-state index contributed by atoms with van der Waals surface area (Å²) in [7, 11) is 0. The Morgan fingerprint density at radius 2 is 2.05 bits per heavy atom. The number of nitrogens with two attached hydrogens (primary N) is 1. The van der Waals surface area contributed by atoms with E-state index in [9.17, 15) is 0 Å². The van der Waals surface area contributed by atoms with E-state index in [0.717, 1.165) is 32.7 Å². The number of nitrogens with zero attached hydrogens (tertiary/aromatic N) is 4. The number of hydrogen-bond donors (Lipinski definition) is 1. The fourth-order valence-corrected chi connectivity index (χ4v) is 3.52. The first-order valence-corrected chi connectivity index (χ1v) is 7.41. The zero-order valence-corrected chi connectivity index (χ0v) is 11.8. The van der Waals surface area contributed by atoms with Gasteiger partial charge in [0.05, 0.1) is 16.3 Å². The van der Waals surface area contributed by atoms with Crippen LogP contribution in [0, 0.1) is 0 Å². The van der Waals surface area contributed by atoms with Crippen molar-refractivity contribution in [1.82, 2.24) is 20.2 Å². The van der Waals surface area contributed by atoms with Crippen LogP contribution in [0.1, 0.15) is 12.6 Å². The van der Waals surface area contributed by atoms with E-state index in [2.05, 4.69) is 27.1 Å². The second-order valence-electron chi connectivity index (χ2n) is 3.81. The fourth-order valence-electron chi connectivity index (χ4n) is 1.68. The first-order valence-electron chi connectivity index (χ1n) is 5.78. The van der Waals surface area contributed by atoms with Gasteiger partial charge in [0.25, 0.3) is 0 Å². The van der Waals surface area contributed by atoms with Crippen LogP contribution in [0.3, 0.4) is 0 Å². The molecule has 3 heterocycles. The smallest absolute Gasteiger partial charge is 0.203 e. The Labute approximate surface area is 118 Å². The molecule has 7 heteroatoms. The molecule has 0 aromatic carbocycles. The third-order valence-electron chi connectivity index (χ3n) is 2.55. The zero-order chi connectivity index (χ0) is 13.2. The Kier molecular flexibility index (Phi) is 3.22. The molecule has 19 heavy (non-hydrogen) atoms. The van der Waals surface area contributed by atoms with E-state index >= 15 is 0 Å². The Balaban J connectivity index is 2.09. The molecule has 0 fully saturated rings. The molecule has 0 aliphatic heterocycles. The predicted octanol–water partition coefficient (Wildman–Crippen LogP) is 2.87. The van der Waals surface area contributed by atoms with Gasteiger partial charge in [-0.15, -0.1) is 21.5 Å². The van der Waals surface area contributed by atoms with E-state index in [1.165, 1.54) is 11.3 Å². The molecule has 0 aliphatic carbocycles. The highest BCUT2D eigenvalue weighted by molar-refractivity contribution is 7.24. The number of aromatic nitrogens is 4. The van der Waals surface area contributed by atoms with Crippen LogP contribution in [0.15, 0.2) is 24.4 Å². The van der Waals surface area contributed by atoms with Crippen molar-refractivity contribution in [3.63, 3.8) is 0 Å². The zero-order valence-electron chi connectivity index (χ0n) is 10.2. The number of aryl methyl sites for hydroxylation is 1. The van der Waals surface area contributed by atoms with Gasteiger partial charge in [0.1, 0.15) is 5.01 Å². The molecule has 3 aromatic rings. The van der Waals surface area contributed by atoms with E-state index in [0.29, 0.717) is 5.13 Å². The maximum Gasteiger partial charge on any atom is 0.203 e. The van der Waals surface area contributed by atoms with Crippen LogP contribution < -0.4 is 5.73 Å². The summed E-state index contributed by atoms with van der Waals surface area (Å²) in [5.74, 6) is 0. The van der Waals surface area contributed by atoms with Crippen molar-refractivity contribution in [3.05, 3.63) is 30.1 Å². The highest BCUT2D eigenvalue weighted by atomic mass is 32.1. The SMILES string of the molecule is CCc1nc(-c2ccccn2)sc1-c1nnc(N)s1. The van der Waals surface area contributed by atoms with Crippen molar-refractivity contribution in [3.8, 4) is 20.6 Å². The van der Waals surface area contributed by atoms with Crippen molar-refractivity contribution in [2.45, 2.75) is 13.3 Å². The molecular weight excluding hydrogens is 278 g/mol. The summed E-state index contributed by atoms with van der Waals surface area (Å²) in [6, 6.07) is 5.80. The molecule has 3 rings (SSSR count). The first kappa shape index (κ1) is 12.2. The van der Waals surface area contributed by atoms with Gasteiger partial charge in [-0.05, 0) is 18.6 Å². The van der Waals surface area contributed by atoms with Gasteiger partial charge in [-0.25, -0.2) is 4.98 Å². The molecule has 0 spiro atoms. The minimum atomic E-state index is 0.477. The number of thiazole rings is 1. The summed E-state index contributed by atoms with van der Waals surface area (Å²) in [5, 5.41) is 10.2. The van der Waals surface area contributed by atoms with E-state index in [1.807, 2.05) is 18.2 Å². The first-order chi connectivity index (χ1) is 9.28. The van der Waals surface area contributed by atoms with Crippen molar-refractivity contribution in [2.75, 3.05) is 5.73 Å². The van der Waals surface area contributed by atoms with Crippen molar-refractivity contribution < 1.29 is 0 Å². The topological polar surface area (TPSA) is 77.6 Å². The molecule has 96 valence electrons. The molecule has 0 atom stereocenters. The van der Waals surface area contributed by atoms with Crippen LogP contribution in [0.25, 0.3) is 20.6 Å². The summed E-state index contributed by atoms with van der Waals surface area (Å²) < 4.78 is 0. The number of nitrogen functional groups attached to an aromatic ring is 1. The van der Waals surface area contributed by atoms with Gasteiger partial charge in [0.2, 0.25) is 5.13 Å². The maximum atomic E-state index is 5.64. The molecule has 0 radical (unpaired) electrons. The summed E-state index contributed by atoms with van der Waals surface area (Å²) in [4.78, 5) is 10.0. The van der Waals surface area contributed by atoms with Crippen LogP contribution in [-0.2, 0) is 6.42 Å². The van der Waals surface area contributed by atoms with Crippen LogP contribution in [0.2, 0.25) is 0 Å². The Hall–Kier alpha value is -1.86. The largest absolute Gasteiger partial charge is 0.374 e. The normalized spacial score (nSPS) is 10.8. The third-order valence-corrected chi connectivity index (χ3v) is 4.58. The van der Waals surface area contributed by atoms with Crippen LogP contribution in [0.4, 0.5) is 5.13 Å². The van der Waals surface area contributed by atoms with Crippen molar-refractivity contribution in [2.24, 2.45) is 0 Å². The number of pyridine rings is 1. The molecule has 5 nitrogen and oxygen atoms in total. The van der Waals surface area contributed by atoms with Gasteiger partial charge < -0.3 is 5.73 Å². The summed E-state index contributed by atoms with van der Waals surface area (Å²) in [6.45, 7) is 2.07. The van der Waals surface area contributed by atoms with Gasteiger partial charge in [0.15, 0.2) is 5.01 Å². The standard InChI is InChI=1S/C12H11N5S2/c1-2-7-9(11-16-17-12(13)19-11)18-10(15-7)8-5-3-4-6-14-8/h3-6H,2H2,1H3,(H2,13,17). The quantitative estimate of drug-likeness (QED) is 0.802. The van der Waals surface area contributed by atoms with Crippen molar-refractivity contribution in [1.29, 1.82) is 0 Å². The molecular formula is C12H11N5S2. The lowest BCUT2D eigenvalue weighted by Crippen LogP contribution is -1.85. The van der Waals surface area contributed by atoms with E-state index < -0.39 is 0 Å². The second-order valence-corrected chi connectivity index (χ2v) is 5.82. The van der Waals surface area contributed by atoms with Gasteiger partial charge in [-0.3, -0.25) is 4.98 Å². The monoisotopic (exact) mass is 289 g/mol. The summed E-state index contributed by atoms with van der Waals surface area (Å²) in [5.41, 5.74) is 7.54. The third kappa shape index (κ3) is 2.34. The summed E-state index contributed by atoms with van der Waals surface area (Å²) >= 11 is 2.97. The lowest BCUT2D eigenvalue weighted by atomic mass is 10.3. The highest BCUT2D eigenvalue weighted by Gasteiger charge is 2.16. The highest BCUT2D eigenvalue weighted by Crippen LogP contribution is 2.36. The van der Waals surface area contributed by atoms with E-state index in [4.69, 9.17) is 5.73 Å². The molecule has 0 unspecified atom stereocenters. The van der Waals surface area contributed by atoms with Gasteiger partial charge in [0, 0.05) is 6.20 Å². The molecule has 0 saturated heterocycles. The number of anilines is 1. The number of hydrogen-bond acceptors (Lipinski definition) is 7. The van der Waals surface area contributed by atoms with E-state index in [1.54, 1.807) is 17.5 Å². The minimum absolute atomic E-state index is 0.477. The second kappa shape index (κ2) is 5.02. The van der Waals surface area contributed by atoms with Crippen LogP contribution in [0.5, 0.6) is 0 Å². The average molecular weight is 289 g/mol. The van der Waals surface area contributed by atoms with Crippen molar-refractivity contribution >= 4 is 27.8 Å². The average Bonchev–Trinajstić information content (AvgIpc) is 3.05. The van der Waals surface area contributed by atoms with Gasteiger partial charge in [-0.1, -0.05) is 24.3 Å².